The van der Waals surface area contributed by atoms with E-state index < -0.39 is 37.3 Å². The lowest BCUT2D eigenvalue weighted by molar-refractivity contribution is -0.280. The molecule has 0 spiro atoms. The molecule has 2 aromatic rings. The van der Waals surface area contributed by atoms with Gasteiger partial charge in [-0.15, -0.1) is 0 Å². The number of rotatable bonds is 5. The third-order valence-corrected chi connectivity index (χ3v) is 4.51. The molecule has 8 nitrogen and oxygen atoms in total. The van der Waals surface area contributed by atoms with Crippen LogP contribution in [0.1, 0.15) is 21.5 Å². The second kappa shape index (κ2) is 8.48. The number of aliphatic hydroxyl groups is 4. The van der Waals surface area contributed by atoms with Crippen LogP contribution in [-0.2, 0) is 4.74 Å². The molecule has 0 amide bonds. The topological polar surface area (TPSA) is 140 Å². The van der Waals surface area contributed by atoms with Gasteiger partial charge in [-0.1, -0.05) is 0 Å². The van der Waals surface area contributed by atoms with Crippen molar-refractivity contribution in [2.24, 2.45) is 0 Å². The molecule has 1 aliphatic heterocycles. The third kappa shape index (κ3) is 4.04. The number of benzene rings is 2. The van der Waals surface area contributed by atoms with E-state index >= 15 is 0 Å². The van der Waals surface area contributed by atoms with Crippen molar-refractivity contribution in [2.75, 3.05) is 6.61 Å². The lowest BCUT2D eigenvalue weighted by Crippen LogP contribution is -2.60. The first-order valence-corrected chi connectivity index (χ1v) is 8.56. The zero-order chi connectivity index (χ0) is 20.3. The van der Waals surface area contributed by atoms with Crippen LogP contribution in [0.2, 0.25) is 0 Å². The summed E-state index contributed by atoms with van der Waals surface area (Å²) in [6.45, 7) is -0.561. The summed E-state index contributed by atoms with van der Waals surface area (Å²) in [5.74, 6) is 0.0102. The minimum absolute atomic E-state index is 0.238. The standard InChI is InChI=1S/C20H19NO7/c21-9-11-1-3-12(4-2-11)16(23)13-5-7-14(8-6-13)27-19-18(25)17(24)15(10-22)28-20(19)26/h1-8,15,17-20,22,24-26H,10H2/t15-,17+,18+,19-,20+/m1/s1. The summed E-state index contributed by atoms with van der Waals surface area (Å²) in [5.41, 5.74) is 1.27. The molecule has 0 aromatic heterocycles. The summed E-state index contributed by atoms with van der Waals surface area (Å²) in [7, 11) is 0. The van der Waals surface area contributed by atoms with Crippen LogP contribution in [-0.4, -0.2) is 63.5 Å². The second-order valence-electron chi connectivity index (χ2n) is 6.35. The molecule has 0 unspecified atom stereocenters. The Bertz CT molecular complexity index is 860. The molecule has 0 saturated carbocycles. The van der Waals surface area contributed by atoms with E-state index in [0.717, 1.165) is 0 Å². The number of carbonyl (C=O) groups is 1. The van der Waals surface area contributed by atoms with Gasteiger partial charge in [0.15, 0.2) is 18.2 Å². The highest BCUT2D eigenvalue weighted by Gasteiger charge is 2.45. The van der Waals surface area contributed by atoms with E-state index in [0.29, 0.717) is 16.7 Å². The van der Waals surface area contributed by atoms with Crippen LogP contribution in [0, 0.1) is 11.3 Å². The molecule has 0 radical (unpaired) electrons. The fourth-order valence-corrected chi connectivity index (χ4v) is 2.90. The van der Waals surface area contributed by atoms with Gasteiger partial charge >= 0.3 is 0 Å². The molecule has 1 aliphatic rings. The number of nitrogens with zero attached hydrogens (tertiary/aromatic N) is 1. The molecular weight excluding hydrogens is 366 g/mol. The second-order valence-corrected chi connectivity index (χ2v) is 6.35. The highest BCUT2D eigenvalue weighted by molar-refractivity contribution is 6.09. The van der Waals surface area contributed by atoms with Gasteiger partial charge in [0, 0.05) is 11.1 Å². The smallest absolute Gasteiger partial charge is 0.195 e. The van der Waals surface area contributed by atoms with Crippen molar-refractivity contribution >= 4 is 5.78 Å². The lowest BCUT2D eigenvalue weighted by atomic mass is 9.99. The molecule has 5 atom stereocenters. The van der Waals surface area contributed by atoms with Crippen LogP contribution in [0.25, 0.3) is 0 Å². The van der Waals surface area contributed by atoms with E-state index in [1.165, 1.54) is 24.3 Å². The molecule has 3 rings (SSSR count). The molecule has 0 aliphatic carbocycles. The molecule has 1 saturated heterocycles. The minimum atomic E-state index is -1.55. The monoisotopic (exact) mass is 385 g/mol. The van der Waals surface area contributed by atoms with E-state index in [1.807, 2.05) is 6.07 Å². The molecule has 1 fully saturated rings. The van der Waals surface area contributed by atoms with Crippen LogP contribution >= 0.6 is 0 Å². The predicted octanol–water partition coefficient (Wildman–Crippen LogP) is -0.0320. The number of aliphatic hydroxyl groups excluding tert-OH is 4. The Hall–Kier alpha value is -2.80. The molecule has 8 heteroatoms. The number of ketones is 1. The SMILES string of the molecule is N#Cc1ccc(C(=O)c2ccc(O[C@@H]3[C@@H](O)[C@@H](O)[C@@H](CO)O[C@@H]3O)cc2)cc1. The zero-order valence-corrected chi connectivity index (χ0v) is 14.7. The summed E-state index contributed by atoms with van der Waals surface area (Å²) in [6, 6.07) is 14.2. The molecular formula is C20H19NO7. The van der Waals surface area contributed by atoms with Crippen molar-refractivity contribution in [1.82, 2.24) is 0 Å². The summed E-state index contributed by atoms with van der Waals surface area (Å²) in [4.78, 5) is 12.5. The maximum absolute atomic E-state index is 12.5. The molecule has 4 N–H and O–H groups in total. The number of nitriles is 1. The maximum Gasteiger partial charge on any atom is 0.195 e. The van der Waals surface area contributed by atoms with E-state index in [9.17, 15) is 20.1 Å². The van der Waals surface area contributed by atoms with E-state index in [2.05, 4.69) is 0 Å². The predicted molar refractivity (Wildman–Crippen MR) is 95.4 cm³/mol. The fourth-order valence-electron chi connectivity index (χ4n) is 2.90. The lowest BCUT2D eigenvalue weighted by Gasteiger charge is -2.39. The van der Waals surface area contributed by atoms with E-state index in [1.54, 1.807) is 24.3 Å². The molecule has 1 heterocycles. The first kappa shape index (κ1) is 19.9. The number of ether oxygens (including phenoxy) is 2. The Morgan fingerprint density at radius 3 is 2.11 bits per heavy atom. The Kier molecular flexibility index (Phi) is 6.04. The van der Waals surface area contributed by atoms with Crippen LogP contribution in [0.15, 0.2) is 48.5 Å². The van der Waals surface area contributed by atoms with Crippen molar-refractivity contribution in [1.29, 1.82) is 5.26 Å². The van der Waals surface area contributed by atoms with Crippen molar-refractivity contribution in [2.45, 2.75) is 30.7 Å². The van der Waals surface area contributed by atoms with Gasteiger partial charge in [0.25, 0.3) is 0 Å². The Morgan fingerprint density at radius 2 is 1.57 bits per heavy atom. The third-order valence-electron chi connectivity index (χ3n) is 4.51. The summed E-state index contributed by atoms with van der Waals surface area (Å²) >= 11 is 0. The van der Waals surface area contributed by atoms with Crippen LogP contribution < -0.4 is 4.74 Å². The van der Waals surface area contributed by atoms with Gasteiger partial charge in [0.2, 0.25) is 0 Å². The normalized spacial score (nSPS) is 27.0. The highest BCUT2D eigenvalue weighted by Crippen LogP contribution is 2.25. The Morgan fingerprint density at radius 1 is 1.00 bits per heavy atom. The van der Waals surface area contributed by atoms with Crippen molar-refractivity contribution in [3.63, 3.8) is 0 Å². The summed E-state index contributed by atoms with van der Waals surface area (Å²) < 4.78 is 10.5. The zero-order valence-electron chi connectivity index (χ0n) is 14.7. The first-order valence-electron chi connectivity index (χ1n) is 8.56. The first-order chi connectivity index (χ1) is 13.4. The molecule has 0 bridgehead atoms. The van der Waals surface area contributed by atoms with Gasteiger partial charge in [0.1, 0.15) is 24.1 Å². The van der Waals surface area contributed by atoms with E-state index in [-0.39, 0.29) is 11.5 Å². The van der Waals surface area contributed by atoms with Crippen LogP contribution in [0.5, 0.6) is 5.75 Å². The van der Waals surface area contributed by atoms with Crippen LogP contribution in [0.3, 0.4) is 0 Å². The van der Waals surface area contributed by atoms with Gasteiger partial charge in [-0.3, -0.25) is 4.79 Å². The van der Waals surface area contributed by atoms with Crippen LogP contribution in [0.4, 0.5) is 0 Å². The maximum atomic E-state index is 12.5. The van der Waals surface area contributed by atoms with Crippen molar-refractivity contribution in [3.8, 4) is 11.8 Å². The average Bonchev–Trinajstić information content (AvgIpc) is 2.73. The Labute approximate surface area is 160 Å². The fraction of sp³-hybridized carbons (Fsp3) is 0.300. The number of hydrogen-bond donors (Lipinski definition) is 4. The van der Waals surface area contributed by atoms with Crippen molar-refractivity contribution < 1.29 is 34.7 Å². The average molecular weight is 385 g/mol. The summed E-state index contributed by atoms with van der Waals surface area (Å²) in [5, 5.41) is 47.8. The quantitative estimate of drug-likeness (QED) is 0.526. The Balaban J connectivity index is 1.70. The largest absolute Gasteiger partial charge is 0.482 e. The number of carbonyl (C=O) groups excluding carboxylic acids is 1. The molecule has 28 heavy (non-hydrogen) atoms. The van der Waals surface area contributed by atoms with Gasteiger partial charge in [-0.2, -0.15) is 5.26 Å². The van der Waals surface area contributed by atoms with Gasteiger partial charge in [-0.05, 0) is 48.5 Å². The summed E-state index contributed by atoms with van der Waals surface area (Å²) in [6.07, 6.45) is -6.82. The highest BCUT2D eigenvalue weighted by atomic mass is 16.7. The van der Waals surface area contributed by atoms with E-state index in [4.69, 9.17) is 19.8 Å². The number of hydrogen-bond acceptors (Lipinski definition) is 8. The molecule has 146 valence electrons. The van der Waals surface area contributed by atoms with Gasteiger partial charge in [-0.25, -0.2) is 0 Å². The minimum Gasteiger partial charge on any atom is -0.482 e. The van der Waals surface area contributed by atoms with Crippen molar-refractivity contribution in [3.05, 3.63) is 65.2 Å². The molecule has 2 aromatic carbocycles. The van der Waals surface area contributed by atoms with Gasteiger partial charge in [0.05, 0.1) is 18.2 Å². The van der Waals surface area contributed by atoms with Gasteiger partial charge < -0.3 is 29.9 Å².